The van der Waals surface area contributed by atoms with E-state index in [1.54, 1.807) is 0 Å². The molecule has 1 aromatic rings. The van der Waals surface area contributed by atoms with Crippen LogP contribution in [0.1, 0.15) is 17.5 Å². The lowest BCUT2D eigenvalue weighted by atomic mass is 10.1. The number of benzene rings is 1. The monoisotopic (exact) mass is 268 g/mol. The highest BCUT2D eigenvalue weighted by molar-refractivity contribution is 5.82. The van der Waals surface area contributed by atoms with E-state index in [-0.39, 0.29) is 5.91 Å². The Morgan fingerprint density at radius 3 is 2.95 bits per heavy atom. The first-order chi connectivity index (χ1) is 8.96. The summed E-state index contributed by atoms with van der Waals surface area (Å²) in [6.07, 6.45) is 0.291. The summed E-state index contributed by atoms with van der Waals surface area (Å²) >= 11 is 0. The molecule has 1 aromatic carbocycles. The van der Waals surface area contributed by atoms with Gasteiger partial charge in [0.25, 0.3) is 5.92 Å². The zero-order valence-corrected chi connectivity index (χ0v) is 10.9. The number of carbonyl (C=O) groups is 1. The van der Waals surface area contributed by atoms with E-state index in [2.05, 4.69) is 10.6 Å². The summed E-state index contributed by atoms with van der Waals surface area (Å²) in [5, 5.41) is 5.24. The van der Waals surface area contributed by atoms with Crippen LogP contribution >= 0.6 is 0 Å². The zero-order chi connectivity index (χ0) is 13.9. The highest BCUT2D eigenvalue weighted by atomic mass is 19.3. The Morgan fingerprint density at radius 2 is 2.32 bits per heavy atom. The van der Waals surface area contributed by atoms with Gasteiger partial charge in [-0.05, 0) is 18.9 Å². The van der Waals surface area contributed by atoms with Crippen molar-refractivity contribution in [3.8, 4) is 0 Å². The zero-order valence-electron chi connectivity index (χ0n) is 10.9. The van der Waals surface area contributed by atoms with Gasteiger partial charge in [0.05, 0.1) is 12.6 Å². The van der Waals surface area contributed by atoms with Crippen molar-refractivity contribution >= 4 is 5.91 Å². The molecule has 0 spiro atoms. The van der Waals surface area contributed by atoms with Crippen molar-refractivity contribution in [1.82, 2.24) is 10.6 Å². The maximum atomic E-state index is 12.9. The summed E-state index contributed by atoms with van der Waals surface area (Å²) < 4.78 is 25.9. The molecule has 0 bridgehead atoms. The van der Waals surface area contributed by atoms with Gasteiger partial charge in [-0.25, -0.2) is 8.78 Å². The van der Waals surface area contributed by atoms with Crippen LogP contribution in [0.2, 0.25) is 0 Å². The van der Waals surface area contributed by atoms with Crippen LogP contribution in [0.4, 0.5) is 8.78 Å². The smallest absolute Gasteiger partial charge is 0.262 e. The topological polar surface area (TPSA) is 41.1 Å². The van der Waals surface area contributed by atoms with Crippen molar-refractivity contribution in [2.24, 2.45) is 0 Å². The van der Waals surface area contributed by atoms with Crippen LogP contribution in [0.3, 0.4) is 0 Å². The summed E-state index contributed by atoms with van der Waals surface area (Å²) in [6, 6.07) is 7.24. The average Bonchev–Trinajstić information content (AvgIpc) is 2.70. The molecule has 1 aliphatic heterocycles. The largest absolute Gasteiger partial charge is 0.354 e. The second kappa shape index (κ2) is 5.65. The van der Waals surface area contributed by atoms with Crippen molar-refractivity contribution < 1.29 is 13.6 Å². The van der Waals surface area contributed by atoms with Crippen LogP contribution in [0.25, 0.3) is 0 Å². The third kappa shape index (κ3) is 3.99. The Kier molecular flexibility index (Phi) is 4.14. The molecular formula is C14H18F2N2O. The molecule has 2 N–H and O–H groups in total. The van der Waals surface area contributed by atoms with Crippen LogP contribution in [0, 0.1) is 6.92 Å². The summed E-state index contributed by atoms with van der Waals surface area (Å²) in [7, 11) is 0. The molecular weight excluding hydrogens is 250 g/mol. The summed E-state index contributed by atoms with van der Waals surface area (Å²) in [5.41, 5.74) is 2.30. The molecule has 3 nitrogen and oxygen atoms in total. The second-order valence-electron chi connectivity index (χ2n) is 5.02. The number of amides is 1. The first-order valence-corrected chi connectivity index (χ1v) is 6.41. The fraction of sp³-hybridized carbons (Fsp3) is 0.500. The molecule has 5 heteroatoms. The Hall–Kier alpha value is -1.49. The molecule has 2 rings (SSSR count). The molecule has 1 atom stereocenters. The van der Waals surface area contributed by atoms with Gasteiger partial charge >= 0.3 is 0 Å². The van der Waals surface area contributed by atoms with E-state index in [1.165, 1.54) is 5.56 Å². The molecule has 0 aromatic heterocycles. The fourth-order valence-corrected chi connectivity index (χ4v) is 2.22. The van der Waals surface area contributed by atoms with E-state index < -0.39 is 24.9 Å². The molecule has 0 aliphatic carbocycles. The van der Waals surface area contributed by atoms with Gasteiger partial charge in [0.1, 0.15) is 0 Å². The molecule has 1 heterocycles. The minimum absolute atomic E-state index is 0.343. The van der Waals surface area contributed by atoms with Crippen molar-refractivity contribution in [3.63, 3.8) is 0 Å². The molecule has 1 amide bonds. The molecule has 1 saturated heterocycles. The van der Waals surface area contributed by atoms with Crippen molar-refractivity contribution in [3.05, 3.63) is 35.4 Å². The normalized spacial score (nSPS) is 21.3. The van der Waals surface area contributed by atoms with Crippen molar-refractivity contribution in [2.75, 3.05) is 13.1 Å². The Morgan fingerprint density at radius 1 is 1.53 bits per heavy atom. The van der Waals surface area contributed by atoms with Gasteiger partial charge < -0.3 is 5.32 Å². The van der Waals surface area contributed by atoms with Crippen LogP contribution < -0.4 is 10.6 Å². The number of aryl methyl sites for hydroxylation is 1. The molecule has 104 valence electrons. The summed E-state index contributed by atoms with van der Waals surface area (Å²) in [4.78, 5) is 11.7. The number of hydrogen-bond donors (Lipinski definition) is 2. The highest BCUT2D eigenvalue weighted by Crippen LogP contribution is 2.24. The van der Waals surface area contributed by atoms with E-state index in [1.807, 2.05) is 31.2 Å². The Labute approximate surface area is 111 Å². The summed E-state index contributed by atoms with van der Waals surface area (Å²) in [5.74, 6) is -3.11. The number of rotatable bonds is 4. The van der Waals surface area contributed by atoms with Gasteiger partial charge in [-0.3, -0.25) is 10.1 Å². The molecule has 1 aliphatic rings. The predicted molar refractivity (Wildman–Crippen MR) is 69.2 cm³/mol. The number of alkyl halides is 2. The highest BCUT2D eigenvalue weighted by Gasteiger charge is 2.42. The minimum Gasteiger partial charge on any atom is -0.354 e. The lowest BCUT2D eigenvalue weighted by Crippen LogP contribution is -2.41. The minimum atomic E-state index is -2.77. The van der Waals surface area contributed by atoms with Crippen molar-refractivity contribution in [2.45, 2.75) is 31.7 Å². The van der Waals surface area contributed by atoms with E-state index >= 15 is 0 Å². The molecule has 0 saturated carbocycles. The van der Waals surface area contributed by atoms with E-state index in [9.17, 15) is 13.6 Å². The third-order valence-corrected chi connectivity index (χ3v) is 3.22. The number of carbonyl (C=O) groups excluding carboxylic acids is 1. The van der Waals surface area contributed by atoms with Crippen molar-refractivity contribution in [1.29, 1.82) is 0 Å². The van der Waals surface area contributed by atoms with Gasteiger partial charge in [-0.15, -0.1) is 0 Å². The maximum absolute atomic E-state index is 12.9. The average molecular weight is 268 g/mol. The fourth-order valence-electron chi connectivity index (χ4n) is 2.22. The van der Waals surface area contributed by atoms with Gasteiger partial charge in [0, 0.05) is 13.0 Å². The Balaban J connectivity index is 1.76. The van der Waals surface area contributed by atoms with Gasteiger partial charge in [-0.2, -0.15) is 0 Å². The van der Waals surface area contributed by atoms with E-state index in [0.717, 1.165) is 5.56 Å². The van der Waals surface area contributed by atoms with Gasteiger partial charge in [-0.1, -0.05) is 29.8 Å². The number of halogens is 2. The standard InChI is InChI=1S/C14H18F2N2O/c1-10-3-2-4-11(7-10)5-6-17-13(19)12-8-14(15,16)9-18-12/h2-4,7,12,18H,5-6,8-9H2,1H3,(H,17,19). The number of hydrogen-bond acceptors (Lipinski definition) is 2. The quantitative estimate of drug-likeness (QED) is 0.872. The summed E-state index contributed by atoms with van der Waals surface area (Å²) in [6.45, 7) is 2.06. The lowest BCUT2D eigenvalue weighted by molar-refractivity contribution is -0.123. The molecule has 0 radical (unpaired) electrons. The third-order valence-electron chi connectivity index (χ3n) is 3.22. The van der Waals surface area contributed by atoms with Crippen LogP contribution in [0.15, 0.2) is 24.3 Å². The maximum Gasteiger partial charge on any atom is 0.262 e. The van der Waals surface area contributed by atoms with E-state index in [0.29, 0.717) is 13.0 Å². The van der Waals surface area contributed by atoms with Crippen LogP contribution in [-0.4, -0.2) is 31.0 Å². The SMILES string of the molecule is Cc1cccc(CCNC(=O)C2CC(F)(F)CN2)c1. The van der Waals surface area contributed by atoms with Gasteiger partial charge in [0.2, 0.25) is 5.91 Å². The van der Waals surface area contributed by atoms with Gasteiger partial charge in [0.15, 0.2) is 0 Å². The first-order valence-electron chi connectivity index (χ1n) is 6.41. The first kappa shape index (κ1) is 13.9. The van der Waals surface area contributed by atoms with E-state index in [4.69, 9.17) is 0 Å². The van der Waals surface area contributed by atoms with Crippen LogP contribution in [0.5, 0.6) is 0 Å². The molecule has 1 unspecified atom stereocenters. The number of nitrogens with one attached hydrogen (secondary N) is 2. The lowest BCUT2D eigenvalue weighted by Gasteiger charge is -2.11. The Bertz CT molecular complexity index is 463. The van der Waals surface area contributed by atoms with Crippen LogP contribution in [-0.2, 0) is 11.2 Å². The molecule has 1 fully saturated rings. The predicted octanol–water partition coefficient (Wildman–Crippen LogP) is 1.65. The second-order valence-corrected chi connectivity index (χ2v) is 5.02. The molecule has 19 heavy (non-hydrogen) atoms.